The average molecular weight is 341 g/mol. The molecular formula is C14H14Cl2N4O2. The number of nitrogens with zero attached hydrogens (tertiary/aromatic N) is 2. The van der Waals surface area contributed by atoms with Gasteiger partial charge in [0, 0.05) is 24.7 Å². The minimum absolute atomic E-state index is 0. The highest BCUT2D eigenvalue weighted by atomic mass is 35.5. The lowest BCUT2D eigenvalue weighted by Gasteiger charge is -2.16. The molecular weight excluding hydrogens is 327 g/mol. The highest BCUT2D eigenvalue weighted by molar-refractivity contribution is 6.30. The van der Waals surface area contributed by atoms with Crippen molar-refractivity contribution in [3.63, 3.8) is 0 Å². The Morgan fingerprint density at radius 1 is 1.36 bits per heavy atom. The van der Waals surface area contributed by atoms with E-state index in [1.165, 1.54) is 6.20 Å². The van der Waals surface area contributed by atoms with E-state index in [0.29, 0.717) is 30.4 Å². The third kappa shape index (κ3) is 3.23. The summed E-state index contributed by atoms with van der Waals surface area (Å²) in [6.45, 7) is 1.43. The Morgan fingerprint density at radius 3 is 2.82 bits per heavy atom. The van der Waals surface area contributed by atoms with Crippen LogP contribution in [0.4, 0.5) is 0 Å². The van der Waals surface area contributed by atoms with Crippen molar-refractivity contribution in [1.29, 1.82) is 0 Å². The van der Waals surface area contributed by atoms with Crippen LogP contribution in [0.25, 0.3) is 0 Å². The van der Waals surface area contributed by atoms with Crippen molar-refractivity contribution in [2.75, 3.05) is 6.54 Å². The molecule has 116 valence electrons. The van der Waals surface area contributed by atoms with Crippen molar-refractivity contribution in [2.24, 2.45) is 0 Å². The van der Waals surface area contributed by atoms with Gasteiger partial charge in [0.1, 0.15) is 5.69 Å². The number of rotatable bonds is 3. The number of aromatic nitrogens is 2. The van der Waals surface area contributed by atoms with Crippen molar-refractivity contribution in [3.8, 4) is 0 Å². The fourth-order valence-corrected chi connectivity index (χ4v) is 2.33. The minimum atomic E-state index is -0.300. The maximum Gasteiger partial charge on any atom is 0.287 e. The second-order valence-electron chi connectivity index (χ2n) is 4.68. The maximum absolute atomic E-state index is 12.2. The van der Waals surface area contributed by atoms with Gasteiger partial charge in [-0.2, -0.15) is 0 Å². The predicted octanol–water partition coefficient (Wildman–Crippen LogP) is 1.63. The summed E-state index contributed by atoms with van der Waals surface area (Å²) in [5, 5.41) is 6.15. The second kappa shape index (κ2) is 6.81. The highest BCUT2D eigenvalue weighted by Crippen LogP contribution is 2.11. The van der Waals surface area contributed by atoms with Gasteiger partial charge in [0.25, 0.3) is 11.8 Å². The molecule has 0 saturated heterocycles. The van der Waals surface area contributed by atoms with Crippen molar-refractivity contribution in [2.45, 2.75) is 13.1 Å². The molecule has 0 atom stereocenters. The van der Waals surface area contributed by atoms with E-state index in [1.54, 1.807) is 16.7 Å². The van der Waals surface area contributed by atoms with E-state index >= 15 is 0 Å². The molecule has 0 fully saturated rings. The fourth-order valence-electron chi connectivity index (χ4n) is 2.20. The molecule has 0 spiro atoms. The lowest BCUT2D eigenvalue weighted by molar-refractivity contribution is 0.0917. The number of halogens is 2. The Labute approximate surface area is 138 Å². The molecule has 1 aliphatic heterocycles. The van der Waals surface area contributed by atoms with Crippen molar-refractivity contribution in [1.82, 2.24) is 20.2 Å². The maximum atomic E-state index is 12.2. The molecule has 22 heavy (non-hydrogen) atoms. The second-order valence-corrected chi connectivity index (χ2v) is 5.12. The number of hydrogen-bond donors (Lipinski definition) is 2. The minimum Gasteiger partial charge on any atom is -0.349 e. The van der Waals surface area contributed by atoms with Gasteiger partial charge in [0.2, 0.25) is 0 Å². The molecule has 2 heterocycles. The number of amides is 2. The van der Waals surface area contributed by atoms with Crippen molar-refractivity contribution in [3.05, 3.63) is 52.6 Å². The van der Waals surface area contributed by atoms with E-state index in [1.807, 2.05) is 12.1 Å². The standard InChI is InChI=1S/C14H13ClN4O2.ClH/c15-10-3-1-9(2-4-10)7-18-14(21)12-17-8-11-13(20)16-5-6-19(11)12;/h1-4,8H,5-7H2,(H,16,20)(H,18,21);1H. The molecule has 0 aliphatic carbocycles. The van der Waals surface area contributed by atoms with Gasteiger partial charge in [-0.05, 0) is 17.7 Å². The SMILES string of the molecule is Cl.O=C1NCCn2c1cnc2C(=O)NCc1ccc(Cl)cc1. The number of carbonyl (C=O) groups excluding carboxylic acids is 2. The van der Waals surface area contributed by atoms with Crippen molar-refractivity contribution >= 4 is 35.8 Å². The van der Waals surface area contributed by atoms with Crippen LogP contribution in [-0.4, -0.2) is 27.9 Å². The topological polar surface area (TPSA) is 76.0 Å². The Balaban J connectivity index is 0.00000176. The molecule has 1 aromatic carbocycles. The zero-order chi connectivity index (χ0) is 14.8. The van der Waals surface area contributed by atoms with Crippen LogP contribution in [0.2, 0.25) is 5.02 Å². The van der Waals surface area contributed by atoms with Gasteiger partial charge in [-0.15, -0.1) is 12.4 Å². The van der Waals surface area contributed by atoms with E-state index in [-0.39, 0.29) is 30.0 Å². The highest BCUT2D eigenvalue weighted by Gasteiger charge is 2.23. The zero-order valence-electron chi connectivity index (χ0n) is 11.5. The van der Waals surface area contributed by atoms with Crippen LogP contribution in [0, 0.1) is 0 Å². The molecule has 0 bridgehead atoms. The quantitative estimate of drug-likeness (QED) is 0.891. The summed E-state index contributed by atoms with van der Waals surface area (Å²) in [7, 11) is 0. The van der Waals surface area contributed by atoms with Crippen LogP contribution < -0.4 is 10.6 Å². The predicted molar refractivity (Wildman–Crippen MR) is 84.4 cm³/mol. The molecule has 6 nitrogen and oxygen atoms in total. The number of fused-ring (bicyclic) bond motifs is 1. The Kier molecular flexibility index (Phi) is 5.05. The monoisotopic (exact) mass is 340 g/mol. The normalized spacial score (nSPS) is 12.9. The van der Waals surface area contributed by atoms with E-state index in [4.69, 9.17) is 11.6 Å². The van der Waals surface area contributed by atoms with Crippen LogP contribution in [-0.2, 0) is 13.1 Å². The number of carbonyl (C=O) groups is 2. The van der Waals surface area contributed by atoms with E-state index in [0.717, 1.165) is 5.56 Å². The summed E-state index contributed by atoms with van der Waals surface area (Å²) in [4.78, 5) is 27.8. The van der Waals surface area contributed by atoms with Gasteiger partial charge < -0.3 is 15.2 Å². The van der Waals surface area contributed by atoms with Gasteiger partial charge in [-0.25, -0.2) is 4.98 Å². The van der Waals surface area contributed by atoms with E-state index in [9.17, 15) is 9.59 Å². The Morgan fingerprint density at radius 2 is 2.09 bits per heavy atom. The third-order valence-corrected chi connectivity index (χ3v) is 3.53. The summed E-state index contributed by atoms with van der Waals surface area (Å²) in [5.41, 5.74) is 1.36. The number of imidazole rings is 1. The Hall–Kier alpha value is -2.05. The molecule has 2 N–H and O–H groups in total. The van der Waals surface area contributed by atoms with Crippen LogP contribution in [0.15, 0.2) is 30.5 Å². The van der Waals surface area contributed by atoms with Crippen LogP contribution in [0.1, 0.15) is 26.7 Å². The van der Waals surface area contributed by atoms with Gasteiger partial charge in [-0.3, -0.25) is 9.59 Å². The molecule has 3 rings (SSSR count). The molecule has 0 unspecified atom stereocenters. The first-order valence-electron chi connectivity index (χ1n) is 6.51. The van der Waals surface area contributed by atoms with E-state index < -0.39 is 0 Å². The summed E-state index contributed by atoms with van der Waals surface area (Å²) in [6, 6.07) is 7.23. The van der Waals surface area contributed by atoms with Gasteiger partial charge >= 0.3 is 0 Å². The largest absolute Gasteiger partial charge is 0.349 e. The molecule has 8 heteroatoms. The van der Waals surface area contributed by atoms with Crippen molar-refractivity contribution < 1.29 is 9.59 Å². The molecule has 2 amide bonds. The lowest BCUT2D eigenvalue weighted by atomic mass is 10.2. The van der Waals surface area contributed by atoms with Gasteiger partial charge in [0.15, 0.2) is 5.82 Å². The fraction of sp³-hybridized carbons (Fsp3) is 0.214. The molecule has 0 radical (unpaired) electrons. The zero-order valence-corrected chi connectivity index (χ0v) is 13.1. The van der Waals surface area contributed by atoms with Crippen LogP contribution in [0.3, 0.4) is 0 Å². The van der Waals surface area contributed by atoms with Crippen LogP contribution >= 0.6 is 24.0 Å². The molecule has 1 aromatic heterocycles. The first-order valence-corrected chi connectivity index (χ1v) is 6.89. The number of benzene rings is 1. The number of hydrogen-bond acceptors (Lipinski definition) is 3. The van der Waals surface area contributed by atoms with Gasteiger partial charge in [-0.1, -0.05) is 23.7 Å². The first-order chi connectivity index (χ1) is 10.1. The number of nitrogens with one attached hydrogen (secondary N) is 2. The lowest BCUT2D eigenvalue weighted by Crippen LogP contribution is -2.37. The van der Waals surface area contributed by atoms with Crippen LogP contribution in [0.5, 0.6) is 0 Å². The molecule has 2 aromatic rings. The average Bonchev–Trinajstić information content (AvgIpc) is 2.92. The smallest absolute Gasteiger partial charge is 0.287 e. The third-order valence-electron chi connectivity index (χ3n) is 3.28. The summed E-state index contributed by atoms with van der Waals surface area (Å²) >= 11 is 5.81. The summed E-state index contributed by atoms with van der Waals surface area (Å²) in [6.07, 6.45) is 1.42. The summed E-state index contributed by atoms with van der Waals surface area (Å²) in [5.74, 6) is -0.245. The molecule has 1 aliphatic rings. The summed E-state index contributed by atoms with van der Waals surface area (Å²) < 4.78 is 1.63. The van der Waals surface area contributed by atoms with Gasteiger partial charge in [0.05, 0.1) is 6.20 Å². The molecule has 0 saturated carbocycles. The Bertz CT molecular complexity index is 697. The van der Waals surface area contributed by atoms with E-state index in [2.05, 4.69) is 15.6 Å². The first kappa shape index (κ1) is 16.3.